The number of nitrogens with one attached hydrogen (secondary N) is 1. The maximum Gasteiger partial charge on any atom is 0.242 e. The number of amides is 4. The van der Waals surface area contributed by atoms with Gasteiger partial charge < -0.3 is 51.8 Å². The van der Waals surface area contributed by atoms with Crippen molar-refractivity contribution in [3.05, 3.63) is 95.6 Å². The number of carbonyl (C=O) groups excluding carboxylic acids is 4. The van der Waals surface area contributed by atoms with Crippen molar-refractivity contribution in [2.75, 3.05) is 78.8 Å². The summed E-state index contributed by atoms with van der Waals surface area (Å²) >= 11 is 0. The van der Waals surface area contributed by atoms with Crippen molar-refractivity contribution in [1.29, 1.82) is 0 Å². The van der Waals surface area contributed by atoms with Crippen molar-refractivity contribution < 1.29 is 50.6 Å². The lowest BCUT2D eigenvalue weighted by atomic mass is 10.1. The van der Waals surface area contributed by atoms with Gasteiger partial charge in [0.15, 0.2) is 11.5 Å². The molecule has 12 N–H and O–H groups in total. The van der Waals surface area contributed by atoms with E-state index in [4.69, 9.17) is 37.0 Å². The van der Waals surface area contributed by atoms with Crippen LogP contribution >= 0.6 is 0 Å². The molecule has 0 aromatic heterocycles. The summed E-state index contributed by atoms with van der Waals surface area (Å²) in [5.74, 6) is -1.33. The number of unbranched alkanes of at least 4 members (excludes halogenated alkanes) is 1. The van der Waals surface area contributed by atoms with E-state index < -0.39 is 63.0 Å². The molecule has 1 atom stereocenters. The number of aliphatic hydroxyl groups is 1. The molecule has 0 saturated carbocycles. The number of hydrogen-bond acceptors (Lipinski definition) is 15. The number of aliphatic hydroxyl groups excluding tert-OH is 1. The van der Waals surface area contributed by atoms with E-state index in [9.17, 15) is 41.1 Å². The number of hydrogen-bond donors (Lipinski definition) is 7. The van der Waals surface area contributed by atoms with Crippen molar-refractivity contribution in [2.45, 2.75) is 48.2 Å². The van der Waals surface area contributed by atoms with Crippen LogP contribution in [-0.4, -0.2) is 150 Å². The molecule has 0 saturated heterocycles. The molecule has 1 aliphatic rings. The number of nitrogens with zero attached hydrogens (tertiary/aromatic N) is 4. The first-order valence-corrected chi connectivity index (χ1v) is 23.9. The second-order valence-electron chi connectivity index (χ2n) is 15.2. The molecule has 1 aliphatic heterocycles. The van der Waals surface area contributed by atoms with Crippen LogP contribution in [0.15, 0.2) is 88.7 Å². The number of primary sulfonamides is 2. The van der Waals surface area contributed by atoms with Gasteiger partial charge in [0.2, 0.25) is 50.5 Å². The smallest absolute Gasteiger partial charge is 0.242 e. The SMILES string of the molecule is NC/C=C/CN(CC(=O)N(CCc1ccc(S(N)(=O)=O)cc1)CC(=O)N(Cc1ccc2c(c1)OCO2)CC(O)N(CCCCN)CC(N)=O)C(=O)CNCCc1ccc(S(N)(=O)=O)cc1. The summed E-state index contributed by atoms with van der Waals surface area (Å²) in [5, 5.41) is 25.0. The molecule has 3 aromatic carbocycles. The van der Waals surface area contributed by atoms with Gasteiger partial charge in [-0.2, -0.15) is 0 Å². The van der Waals surface area contributed by atoms with E-state index in [2.05, 4.69) is 5.32 Å². The van der Waals surface area contributed by atoms with Crippen LogP contribution in [0.2, 0.25) is 0 Å². The predicted molar refractivity (Wildman–Crippen MR) is 240 cm³/mol. The molecular weight excluding hydrogens is 885 g/mol. The minimum Gasteiger partial charge on any atom is -0.454 e. The molecular formula is C42H60N10O11S2. The highest BCUT2D eigenvalue weighted by molar-refractivity contribution is 7.89. The van der Waals surface area contributed by atoms with Crippen molar-refractivity contribution in [3.8, 4) is 11.5 Å². The van der Waals surface area contributed by atoms with Gasteiger partial charge in [-0.3, -0.25) is 24.1 Å². The number of ether oxygens (including phenoxy) is 2. The third-order valence-corrected chi connectivity index (χ3v) is 12.1. The average Bonchev–Trinajstić information content (AvgIpc) is 3.73. The standard InChI is InChI=1S/C42H60N10O11S2/c43-17-1-3-20-49(26-38(45)53)41(56)29-52(25-33-9-14-36-37(23-33)63-30-62-36)42(57)28-51(22-16-32-7-12-35(13-8-32)65(47,60)61)40(55)27-50(21-4-2-18-44)39(54)24-48-19-15-31-5-10-34(11-6-31)64(46,58)59/h2,4-14,23,41,48,56H,1,3,15-22,24-30,43-44H2,(H2,45,53)(H2,46,58,59)(H2,47,60,61)/b4-2+. The molecule has 65 heavy (non-hydrogen) atoms. The van der Waals surface area contributed by atoms with E-state index in [1.54, 1.807) is 42.5 Å². The van der Waals surface area contributed by atoms with Gasteiger partial charge in [-0.15, -0.1) is 0 Å². The van der Waals surface area contributed by atoms with E-state index in [0.29, 0.717) is 55.0 Å². The minimum absolute atomic E-state index is 0.0115. The third kappa shape index (κ3) is 17.4. The molecule has 4 rings (SSSR count). The Morgan fingerprint density at radius 1 is 0.708 bits per heavy atom. The zero-order valence-electron chi connectivity index (χ0n) is 36.1. The highest BCUT2D eigenvalue weighted by Gasteiger charge is 2.28. The first-order chi connectivity index (χ1) is 30.9. The topological polar surface area (TPSA) is 330 Å². The molecule has 356 valence electrons. The molecule has 0 spiro atoms. The maximum absolute atomic E-state index is 14.5. The Labute approximate surface area is 379 Å². The molecule has 3 aromatic rings. The van der Waals surface area contributed by atoms with Gasteiger partial charge in [0.1, 0.15) is 12.8 Å². The van der Waals surface area contributed by atoms with Gasteiger partial charge >= 0.3 is 0 Å². The third-order valence-electron chi connectivity index (χ3n) is 10.3. The summed E-state index contributed by atoms with van der Waals surface area (Å²) < 4.78 is 58.0. The lowest BCUT2D eigenvalue weighted by Crippen LogP contribution is -2.52. The Balaban J connectivity index is 1.58. The van der Waals surface area contributed by atoms with Crippen LogP contribution in [0.1, 0.15) is 29.5 Å². The Kier molecular flexibility index (Phi) is 20.3. The fourth-order valence-electron chi connectivity index (χ4n) is 6.69. The van der Waals surface area contributed by atoms with Gasteiger partial charge in [-0.1, -0.05) is 42.5 Å². The van der Waals surface area contributed by atoms with E-state index in [1.807, 2.05) is 0 Å². The molecule has 4 amide bonds. The first kappa shape index (κ1) is 52.1. The van der Waals surface area contributed by atoms with Crippen LogP contribution in [0.5, 0.6) is 11.5 Å². The Morgan fingerprint density at radius 2 is 1.29 bits per heavy atom. The highest BCUT2D eigenvalue weighted by Crippen LogP contribution is 2.33. The van der Waals surface area contributed by atoms with Crippen LogP contribution in [-0.2, 0) is 58.6 Å². The van der Waals surface area contributed by atoms with Crippen molar-refractivity contribution >= 4 is 43.7 Å². The number of nitrogens with two attached hydrogens (primary N) is 5. The van der Waals surface area contributed by atoms with E-state index >= 15 is 0 Å². The predicted octanol–water partition coefficient (Wildman–Crippen LogP) is -1.87. The van der Waals surface area contributed by atoms with Gasteiger partial charge in [-0.25, -0.2) is 27.1 Å². The Bertz CT molecular complexity index is 2320. The summed E-state index contributed by atoms with van der Waals surface area (Å²) in [7, 11) is -7.82. The zero-order valence-corrected chi connectivity index (χ0v) is 37.8. The fourth-order valence-corrected chi connectivity index (χ4v) is 7.72. The highest BCUT2D eigenvalue weighted by atomic mass is 32.2. The fraction of sp³-hybridized carbons (Fsp3) is 0.429. The van der Waals surface area contributed by atoms with E-state index in [1.165, 1.54) is 56.0 Å². The van der Waals surface area contributed by atoms with Crippen LogP contribution in [0.25, 0.3) is 0 Å². The monoisotopic (exact) mass is 944 g/mol. The quantitative estimate of drug-likeness (QED) is 0.0238. The van der Waals surface area contributed by atoms with Crippen molar-refractivity contribution in [2.24, 2.45) is 27.5 Å². The number of carbonyl (C=O) groups is 4. The Hall–Kier alpha value is -5.50. The summed E-state index contributed by atoms with van der Waals surface area (Å²) in [6.07, 6.45) is 3.69. The zero-order chi connectivity index (χ0) is 47.6. The van der Waals surface area contributed by atoms with Crippen LogP contribution < -0.4 is 42.3 Å². The molecule has 21 nitrogen and oxygen atoms in total. The molecule has 0 bridgehead atoms. The molecule has 0 radical (unpaired) electrons. The number of primary amides is 1. The number of fused-ring (bicyclic) bond motifs is 1. The normalized spacial score (nSPS) is 13.0. The molecule has 1 heterocycles. The van der Waals surface area contributed by atoms with Crippen LogP contribution in [0, 0.1) is 0 Å². The second-order valence-corrected chi connectivity index (χ2v) is 18.3. The first-order valence-electron chi connectivity index (χ1n) is 20.8. The lowest BCUT2D eigenvalue weighted by Gasteiger charge is -2.34. The van der Waals surface area contributed by atoms with Crippen molar-refractivity contribution in [1.82, 2.24) is 24.9 Å². The van der Waals surface area contributed by atoms with E-state index in [0.717, 1.165) is 5.56 Å². The molecule has 1 unspecified atom stereocenters. The molecule has 0 fully saturated rings. The lowest BCUT2D eigenvalue weighted by molar-refractivity contribution is -0.145. The maximum atomic E-state index is 14.5. The summed E-state index contributed by atoms with van der Waals surface area (Å²) in [6.45, 7) is -0.604. The average molecular weight is 945 g/mol. The van der Waals surface area contributed by atoms with Crippen LogP contribution in [0.3, 0.4) is 0 Å². The van der Waals surface area contributed by atoms with Crippen LogP contribution in [0.4, 0.5) is 0 Å². The Morgan fingerprint density at radius 3 is 1.89 bits per heavy atom. The van der Waals surface area contributed by atoms with Crippen molar-refractivity contribution in [3.63, 3.8) is 0 Å². The minimum atomic E-state index is -3.97. The molecule has 0 aliphatic carbocycles. The molecule has 23 heteroatoms. The van der Waals surface area contributed by atoms with Gasteiger partial charge in [0, 0.05) is 32.7 Å². The largest absolute Gasteiger partial charge is 0.454 e. The summed E-state index contributed by atoms with van der Waals surface area (Å²) in [6, 6.07) is 16.9. The van der Waals surface area contributed by atoms with Gasteiger partial charge in [-0.05, 0) is 91.9 Å². The summed E-state index contributed by atoms with van der Waals surface area (Å²) in [4.78, 5) is 59.8. The summed E-state index contributed by atoms with van der Waals surface area (Å²) in [5.41, 5.74) is 18.9. The van der Waals surface area contributed by atoms with Gasteiger partial charge in [0.05, 0.1) is 36.0 Å². The number of rotatable bonds is 28. The second kappa shape index (κ2) is 25.3. The van der Waals surface area contributed by atoms with E-state index in [-0.39, 0.29) is 75.4 Å². The van der Waals surface area contributed by atoms with Gasteiger partial charge in [0.25, 0.3) is 0 Å². The number of benzene rings is 3. The number of sulfonamides is 2.